The Bertz CT molecular complexity index is 278. The van der Waals surface area contributed by atoms with E-state index in [2.05, 4.69) is 13.8 Å². The Labute approximate surface area is 168 Å². The van der Waals surface area contributed by atoms with Gasteiger partial charge in [0.05, 0.1) is 0 Å². The smallest absolute Gasteiger partial charge is 1.00 e. The van der Waals surface area contributed by atoms with Gasteiger partial charge in [0.15, 0.2) is 5.92 Å². The van der Waals surface area contributed by atoms with Crippen molar-refractivity contribution in [2.24, 2.45) is 5.92 Å². The van der Waals surface area contributed by atoms with E-state index < -0.39 is 17.9 Å². The van der Waals surface area contributed by atoms with Crippen molar-refractivity contribution in [2.45, 2.75) is 111 Å². The molecule has 0 aliphatic heterocycles. The summed E-state index contributed by atoms with van der Waals surface area (Å²) in [5, 5.41) is 16.9. The molecule has 0 aromatic heterocycles. The molecule has 0 rings (SSSR count). The molecule has 0 aliphatic rings. The first kappa shape index (κ1) is 29.3. The molecule has 0 aliphatic carbocycles. The first-order chi connectivity index (χ1) is 11.5. The Balaban J connectivity index is -0.000000173. The molecule has 25 heavy (non-hydrogen) atoms. The van der Waals surface area contributed by atoms with Crippen LogP contribution < -0.4 is 18.9 Å². The Morgan fingerprint density at radius 2 is 0.920 bits per heavy atom. The first-order valence-corrected chi connectivity index (χ1v) is 9.96. The second-order valence-electron chi connectivity index (χ2n) is 6.55. The molecular weight excluding hydrogens is 311 g/mol. The van der Waals surface area contributed by atoms with Gasteiger partial charge in [0.25, 0.3) is 0 Å². The number of hydrogen-bond acceptors (Lipinski definition) is 2. The maximum absolute atomic E-state index is 10.4. The van der Waals surface area contributed by atoms with Crippen LogP contribution in [0.3, 0.4) is 0 Å². The van der Waals surface area contributed by atoms with Gasteiger partial charge in [-0.05, 0) is 6.42 Å². The fraction of sp³-hybridized carbons (Fsp3) is 0.900. The monoisotopic (exact) mass is 352 g/mol. The fourth-order valence-corrected chi connectivity index (χ4v) is 2.51. The van der Waals surface area contributed by atoms with E-state index in [9.17, 15) is 9.59 Å². The van der Waals surface area contributed by atoms with Crippen molar-refractivity contribution in [3.63, 3.8) is 0 Å². The van der Waals surface area contributed by atoms with Crippen LogP contribution in [0, 0.1) is 5.92 Å². The average Bonchev–Trinajstić information content (AvgIpc) is 2.54. The molecule has 0 aromatic carbocycles. The fourth-order valence-electron chi connectivity index (χ4n) is 2.51. The van der Waals surface area contributed by atoms with Crippen LogP contribution in [-0.4, -0.2) is 22.2 Å². The van der Waals surface area contributed by atoms with E-state index in [-0.39, 0.29) is 26.7 Å². The molecule has 0 saturated carbocycles. The van der Waals surface area contributed by atoms with Crippen LogP contribution >= 0.6 is 0 Å². The molecule has 0 radical (unpaired) electrons. The Hall–Kier alpha value is -0.463. The van der Waals surface area contributed by atoms with Crippen molar-refractivity contribution >= 4 is 11.9 Å². The van der Waals surface area contributed by atoms with Crippen LogP contribution in [0.4, 0.5) is 0 Å². The molecule has 0 saturated heterocycles. The van der Waals surface area contributed by atoms with Crippen LogP contribution in [0.1, 0.15) is 112 Å². The number of unbranched alkanes of at least 4 members (excludes halogenated alkanes) is 11. The number of rotatable bonds is 15. The van der Waals surface area contributed by atoms with Crippen molar-refractivity contribution < 1.29 is 40.1 Å². The zero-order valence-electron chi connectivity index (χ0n) is 18.2. The minimum absolute atomic E-state index is 0. The van der Waals surface area contributed by atoms with Gasteiger partial charge in [-0.1, -0.05) is 104 Å². The summed E-state index contributed by atoms with van der Waals surface area (Å²) in [6.07, 6.45) is 17.2. The molecule has 0 aromatic rings. The van der Waals surface area contributed by atoms with Gasteiger partial charge >= 0.3 is 30.8 Å². The van der Waals surface area contributed by atoms with Crippen molar-refractivity contribution in [2.75, 3.05) is 0 Å². The van der Waals surface area contributed by atoms with Crippen LogP contribution in [0.5, 0.6) is 0 Å². The van der Waals surface area contributed by atoms with Gasteiger partial charge in [-0.15, -0.1) is 0 Å². The summed E-state index contributed by atoms with van der Waals surface area (Å²) < 4.78 is 0. The first-order valence-electron chi connectivity index (χ1n) is 9.96. The zero-order chi connectivity index (χ0) is 18.6. The summed E-state index contributed by atoms with van der Waals surface area (Å²) in [4.78, 5) is 20.7. The van der Waals surface area contributed by atoms with E-state index in [1.54, 1.807) is 0 Å². The maximum atomic E-state index is 10.4. The number of carboxylic acid groups (broad SMARTS) is 2. The second kappa shape index (κ2) is 23.5. The summed E-state index contributed by atoms with van der Waals surface area (Å²) in [6, 6.07) is 0. The summed E-state index contributed by atoms with van der Waals surface area (Å²) >= 11 is 0. The van der Waals surface area contributed by atoms with Gasteiger partial charge < -0.3 is 11.6 Å². The molecule has 4 nitrogen and oxygen atoms in total. The van der Waals surface area contributed by atoms with E-state index in [1.807, 2.05) is 6.92 Å². The molecule has 0 spiro atoms. The molecule has 0 amide bonds. The quantitative estimate of drug-likeness (QED) is 0.269. The largest absolute Gasteiger partial charge is 1.00 e. The number of carboxylic acids is 2. The summed E-state index contributed by atoms with van der Waals surface area (Å²) in [7, 11) is 0. The Morgan fingerprint density at radius 3 is 1.20 bits per heavy atom. The molecule has 2 N–H and O–H groups in total. The predicted octanol–water partition coefficient (Wildman–Crippen LogP) is 3.40. The second-order valence-corrected chi connectivity index (χ2v) is 6.55. The topological polar surface area (TPSA) is 74.6 Å². The Morgan fingerprint density at radius 1 is 0.640 bits per heavy atom. The predicted molar refractivity (Wildman–Crippen MR) is 102 cm³/mol. The normalized spacial score (nSPS) is 9.92. The number of aliphatic carboxylic acids is 2. The SMILES string of the molecule is CCCCCC(C(=O)O)C(=O)O.CCCCCCCCCCCC.[H-].[Li+]. The van der Waals surface area contributed by atoms with Gasteiger partial charge in [-0.3, -0.25) is 9.59 Å². The molecule has 0 bridgehead atoms. The van der Waals surface area contributed by atoms with Crippen LogP contribution in [0.2, 0.25) is 0 Å². The van der Waals surface area contributed by atoms with Crippen LogP contribution in [-0.2, 0) is 9.59 Å². The molecule has 0 atom stereocenters. The minimum atomic E-state index is -1.24. The van der Waals surface area contributed by atoms with E-state index in [4.69, 9.17) is 10.2 Å². The number of hydrogen-bond donors (Lipinski definition) is 2. The average molecular weight is 352 g/mol. The van der Waals surface area contributed by atoms with Gasteiger partial charge in [-0.25, -0.2) is 0 Å². The number of carbonyl (C=O) groups is 2. The van der Waals surface area contributed by atoms with Crippen molar-refractivity contribution in [1.82, 2.24) is 0 Å². The maximum Gasteiger partial charge on any atom is 1.00 e. The molecule has 5 heteroatoms. The summed E-state index contributed by atoms with van der Waals surface area (Å²) in [5.41, 5.74) is 0. The van der Waals surface area contributed by atoms with Gasteiger partial charge in [0.1, 0.15) is 0 Å². The van der Waals surface area contributed by atoms with Crippen molar-refractivity contribution in [3.8, 4) is 0 Å². The third-order valence-electron chi connectivity index (χ3n) is 4.15. The molecule has 146 valence electrons. The molecule has 0 heterocycles. The molecule has 0 fully saturated rings. The van der Waals surface area contributed by atoms with E-state index in [1.165, 1.54) is 64.2 Å². The van der Waals surface area contributed by atoms with E-state index in [0.29, 0.717) is 6.42 Å². The van der Waals surface area contributed by atoms with Crippen LogP contribution in [0.25, 0.3) is 0 Å². The minimum Gasteiger partial charge on any atom is -1.00 e. The van der Waals surface area contributed by atoms with E-state index in [0.717, 1.165) is 12.8 Å². The third kappa shape index (κ3) is 23.5. The molecular formula is C20H41LiO4. The van der Waals surface area contributed by atoms with Crippen LogP contribution in [0.15, 0.2) is 0 Å². The van der Waals surface area contributed by atoms with Gasteiger partial charge in [0, 0.05) is 0 Å². The Kier molecular flexibility index (Phi) is 27.6. The van der Waals surface area contributed by atoms with E-state index >= 15 is 0 Å². The molecule has 0 unspecified atom stereocenters. The van der Waals surface area contributed by atoms with Gasteiger partial charge in [-0.2, -0.15) is 0 Å². The van der Waals surface area contributed by atoms with Crippen molar-refractivity contribution in [1.29, 1.82) is 0 Å². The third-order valence-corrected chi connectivity index (χ3v) is 4.15. The summed E-state index contributed by atoms with van der Waals surface area (Å²) in [6.45, 7) is 6.54. The summed E-state index contributed by atoms with van der Waals surface area (Å²) in [5.74, 6) is -3.70. The van der Waals surface area contributed by atoms with Crippen molar-refractivity contribution in [3.05, 3.63) is 0 Å². The standard InChI is InChI=1S/C12H26.C8H14O4.Li.H/c1-3-5-7-9-11-12-10-8-6-4-2;1-2-3-4-5-6(7(9)10)8(11)12;;/h3-12H2,1-2H3;6H,2-5H2,1H3,(H,9,10)(H,11,12);;/q;;+1;-1. The van der Waals surface area contributed by atoms with Gasteiger partial charge in [0.2, 0.25) is 0 Å². The zero-order valence-corrected chi connectivity index (χ0v) is 17.2.